The number of rotatable bonds is 5. The number of ether oxygens (including phenoxy) is 1. The van der Waals surface area contributed by atoms with Gasteiger partial charge in [0.2, 0.25) is 0 Å². The average Bonchev–Trinajstić information content (AvgIpc) is 2.95. The van der Waals surface area contributed by atoms with E-state index in [2.05, 4.69) is 15.2 Å². The van der Waals surface area contributed by atoms with Crippen molar-refractivity contribution in [2.75, 3.05) is 0 Å². The molecule has 0 saturated carbocycles. The molecule has 10 heteroatoms. The highest BCUT2D eigenvalue weighted by Crippen LogP contribution is 2.26. The molecule has 0 spiro atoms. The Kier molecular flexibility index (Phi) is 4.89. The fraction of sp³-hybridized carbons (Fsp3) is 0.235. The molecule has 1 amide bonds. The van der Waals surface area contributed by atoms with Gasteiger partial charge in [-0.3, -0.25) is 4.79 Å². The molecule has 2 heterocycles. The lowest BCUT2D eigenvalue weighted by Gasteiger charge is -2.13. The summed E-state index contributed by atoms with van der Waals surface area (Å²) in [5.41, 5.74) is 0.350. The molecule has 1 N–H and O–H groups in total. The average molecular weight is 380 g/mol. The zero-order valence-corrected chi connectivity index (χ0v) is 14.2. The molecule has 0 aliphatic heterocycles. The van der Waals surface area contributed by atoms with Crippen LogP contribution in [0.25, 0.3) is 5.65 Å². The number of carbonyl (C=O) groups excluding carboxylic acids is 1. The van der Waals surface area contributed by atoms with Crippen LogP contribution in [0, 0.1) is 0 Å². The zero-order chi connectivity index (χ0) is 19.6. The van der Waals surface area contributed by atoms with Crippen molar-refractivity contribution < 1.29 is 22.7 Å². The van der Waals surface area contributed by atoms with Gasteiger partial charge in [-0.15, -0.1) is 18.3 Å². The Morgan fingerprint density at radius 2 is 1.96 bits per heavy atom. The van der Waals surface area contributed by atoms with E-state index in [1.54, 1.807) is 6.92 Å². The Bertz CT molecular complexity index is 1040. The fourth-order valence-corrected chi connectivity index (χ4v) is 2.51. The number of nitrogens with zero attached hydrogens (tertiary/aromatic N) is 3. The Morgan fingerprint density at radius 3 is 2.67 bits per heavy atom. The van der Waals surface area contributed by atoms with E-state index in [9.17, 15) is 22.8 Å². The highest BCUT2D eigenvalue weighted by molar-refractivity contribution is 5.94. The number of nitrogens with one attached hydrogen (secondary N) is 1. The molecule has 0 atom stereocenters. The van der Waals surface area contributed by atoms with Crippen LogP contribution in [0.3, 0.4) is 0 Å². The molecule has 0 saturated heterocycles. The Morgan fingerprint density at radius 1 is 1.22 bits per heavy atom. The largest absolute Gasteiger partial charge is 0.573 e. The molecule has 0 bridgehead atoms. The number of alkyl halides is 3. The van der Waals surface area contributed by atoms with Crippen LogP contribution in [0.15, 0.2) is 47.4 Å². The van der Waals surface area contributed by atoms with Gasteiger partial charge in [-0.1, -0.05) is 18.2 Å². The topological polar surface area (TPSA) is 77.6 Å². The van der Waals surface area contributed by atoms with Crippen molar-refractivity contribution in [1.29, 1.82) is 0 Å². The minimum absolute atomic E-state index is 0.167. The first-order valence-corrected chi connectivity index (χ1v) is 7.99. The molecule has 1 aromatic carbocycles. The molecule has 27 heavy (non-hydrogen) atoms. The molecule has 3 aromatic rings. The minimum Gasteiger partial charge on any atom is -0.405 e. The van der Waals surface area contributed by atoms with Gasteiger partial charge in [0.05, 0.1) is 5.56 Å². The standard InChI is InChI=1S/C17H15F3N4O3/c1-2-24-16(26)23-10-12(7-8-14(23)22-24)15(25)21-9-11-5-3-4-6-13(11)27-17(18,19)20/h3-8,10H,2,9H2,1H3,(H,21,25). The highest BCUT2D eigenvalue weighted by atomic mass is 19.4. The first-order valence-electron chi connectivity index (χ1n) is 7.99. The van der Waals surface area contributed by atoms with Crippen LogP contribution in [0.5, 0.6) is 5.75 Å². The number of amides is 1. The fourth-order valence-electron chi connectivity index (χ4n) is 2.51. The third-order valence-electron chi connectivity index (χ3n) is 3.78. The summed E-state index contributed by atoms with van der Waals surface area (Å²) in [5, 5.41) is 6.60. The number of hydrogen-bond acceptors (Lipinski definition) is 4. The normalized spacial score (nSPS) is 11.6. The van der Waals surface area contributed by atoms with Crippen molar-refractivity contribution in [3.8, 4) is 5.75 Å². The lowest BCUT2D eigenvalue weighted by Crippen LogP contribution is -2.25. The molecule has 3 rings (SSSR count). The molecule has 0 aliphatic carbocycles. The summed E-state index contributed by atoms with van der Waals surface area (Å²) in [6.07, 6.45) is -3.49. The molecule has 0 unspecified atom stereocenters. The van der Waals surface area contributed by atoms with Gasteiger partial charge in [0.15, 0.2) is 5.65 Å². The second-order valence-electron chi connectivity index (χ2n) is 5.58. The van der Waals surface area contributed by atoms with Gasteiger partial charge < -0.3 is 10.1 Å². The molecule has 0 fully saturated rings. The van der Waals surface area contributed by atoms with Crippen LogP contribution in [0.2, 0.25) is 0 Å². The van der Waals surface area contributed by atoms with E-state index >= 15 is 0 Å². The van der Waals surface area contributed by atoms with E-state index in [-0.39, 0.29) is 29.1 Å². The van der Waals surface area contributed by atoms with Gasteiger partial charge in [0.25, 0.3) is 5.91 Å². The predicted molar refractivity (Wildman–Crippen MR) is 89.4 cm³/mol. The molecule has 2 aromatic heterocycles. The summed E-state index contributed by atoms with van der Waals surface area (Å²) in [6, 6.07) is 8.52. The second kappa shape index (κ2) is 7.14. The van der Waals surface area contributed by atoms with E-state index in [0.29, 0.717) is 12.2 Å². The smallest absolute Gasteiger partial charge is 0.405 e. The Labute approximate surface area is 151 Å². The van der Waals surface area contributed by atoms with Gasteiger partial charge in [-0.25, -0.2) is 13.9 Å². The van der Waals surface area contributed by atoms with Gasteiger partial charge in [0, 0.05) is 24.8 Å². The molecule has 0 radical (unpaired) electrons. The van der Waals surface area contributed by atoms with Crippen molar-refractivity contribution in [3.05, 3.63) is 64.2 Å². The van der Waals surface area contributed by atoms with Gasteiger partial charge in [-0.2, -0.15) is 0 Å². The first-order chi connectivity index (χ1) is 12.8. The maximum Gasteiger partial charge on any atom is 0.573 e. The van der Waals surface area contributed by atoms with E-state index in [4.69, 9.17) is 0 Å². The number of halogens is 3. The number of carbonyl (C=O) groups is 1. The van der Waals surface area contributed by atoms with Crippen molar-refractivity contribution in [3.63, 3.8) is 0 Å². The molecule has 142 valence electrons. The second-order valence-corrected chi connectivity index (χ2v) is 5.58. The number of para-hydroxylation sites is 1. The quantitative estimate of drug-likeness (QED) is 0.737. The maximum atomic E-state index is 12.5. The lowest BCUT2D eigenvalue weighted by molar-refractivity contribution is -0.274. The van der Waals surface area contributed by atoms with Crippen molar-refractivity contribution in [2.24, 2.45) is 0 Å². The van der Waals surface area contributed by atoms with E-state index in [1.165, 1.54) is 51.7 Å². The summed E-state index contributed by atoms with van der Waals surface area (Å²) in [5.74, 6) is -0.934. The molecular weight excluding hydrogens is 365 g/mol. The molecule has 0 aliphatic rings. The molecule has 7 nitrogen and oxygen atoms in total. The maximum absolute atomic E-state index is 12.5. The van der Waals surface area contributed by atoms with Crippen LogP contribution >= 0.6 is 0 Å². The first kappa shape index (κ1) is 18.5. The number of hydrogen-bond donors (Lipinski definition) is 1. The zero-order valence-electron chi connectivity index (χ0n) is 14.2. The van der Waals surface area contributed by atoms with E-state index in [0.717, 1.165) is 0 Å². The van der Waals surface area contributed by atoms with Crippen LogP contribution in [-0.2, 0) is 13.1 Å². The number of benzene rings is 1. The van der Waals surface area contributed by atoms with Gasteiger partial charge in [-0.05, 0) is 25.1 Å². The minimum atomic E-state index is -4.83. The third-order valence-corrected chi connectivity index (χ3v) is 3.78. The number of fused-ring (bicyclic) bond motifs is 1. The third kappa shape index (κ3) is 4.10. The Balaban J connectivity index is 1.78. The van der Waals surface area contributed by atoms with Crippen molar-refractivity contribution in [2.45, 2.75) is 26.4 Å². The number of pyridine rings is 1. The van der Waals surface area contributed by atoms with Crippen LogP contribution in [-0.4, -0.2) is 26.5 Å². The van der Waals surface area contributed by atoms with Gasteiger partial charge >= 0.3 is 12.1 Å². The van der Waals surface area contributed by atoms with Crippen LogP contribution < -0.4 is 15.7 Å². The highest BCUT2D eigenvalue weighted by Gasteiger charge is 2.32. The number of aryl methyl sites for hydroxylation is 1. The summed E-state index contributed by atoms with van der Waals surface area (Å²) >= 11 is 0. The van der Waals surface area contributed by atoms with Crippen LogP contribution in [0.1, 0.15) is 22.8 Å². The van der Waals surface area contributed by atoms with Crippen LogP contribution in [0.4, 0.5) is 13.2 Å². The van der Waals surface area contributed by atoms with E-state index < -0.39 is 12.3 Å². The summed E-state index contributed by atoms with van der Waals surface area (Å²) in [4.78, 5) is 24.4. The Hall–Kier alpha value is -3.30. The lowest BCUT2D eigenvalue weighted by atomic mass is 10.2. The summed E-state index contributed by atoms with van der Waals surface area (Å²) in [6.45, 7) is 1.98. The van der Waals surface area contributed by atoms with E-state index in [1.807, 2.05) is 0 Å². The summed E-state index contributed by atoms with van der Waals surface area (Å²) in [7, 11) is 0. The van der Waals surface area contributed by atoms with Gasteiger partial charge in [0.1, 0.15) is 5.75 Å². The monoisotopic (exact) mass is 380 g/mol. The summed E-state index contributed by atoms with van der Waals surface area (Å²) < 4.78 is 43.8. The SMILES string of the molecule is CCn1nc2ccc(C(=O)NCc3ccccc3OC(F)(F)F)cn2c1=O. The van der Waals surface area contributed by atoms with Crippen molar-refractivity contribution >= 4 is 11.6 Å². The number of aromatic nitrogens is 3. The predicted octanol–water partition coefficient (Wildman–Crippen LogP) is 2.34. The van der Waals surface area contributed by atoms with Crippen molar-refractivity contribution in [1.82, 2.24) is 19.5 Å². The molecular formula is C17H15F3N4O3.